The summed E-state index contributed by atoms with van der Waals surface area (Å²) in [6.45, 7) is 1.57. The summed E-state index contributed by atoms with van der Waals surface area (Å²) >= 11 is 0. The molecule has 2 aromatic rings. The normalized spacial score (nSPS) is 23.1. The molecule has 0 saturated carbocycles. The summed E-state index contributed by atoms with van der Waals surface area (Å²) in [6, 6.07) is 8.22. The highest BCUT2D eigenvalue weighted by molar-refractivity contribution is 8.00. The maximum absolute atomic E-state index is 12.7. The maximum Gasteiger partial charge on any atom is 0.254 e. The van der Waals surface area contributed by atoms with Crippen LogP contribution < -0.4 is 20.8 Å². The second-order valence-electron chi connectivity index (χ2n) is 7.41. The molecule has 2 aliphatic heterocycles. The van der Waals surface area contributed by atoms with Crippen molar-refractivity contribution in [3.8, 4) is 5.75 Å². The van der Waals surface area contributed by atoms with Crippen molar-refractivity contribution in [2.75, 3.05) is 24.4 Å². The second-order valence-corrected chi connectivity index (χ2v) is 9.08. The van der Waals surface area contributed by atoms with E-state index in [1.54, 1.807) is 29.2 Å². The zero-order valence-corrected chi connectivity index (χ0v) is 17.1. The van der Waals surface area contributed by atoms with Crippen LogP contribution in [-0.4, -0.2) is 51.4 Å². The Morgan fingerprint density at radius 2 is 2.23 bits per heavy atom. The monoisotopic (exact) mass is 429 g/mol. The molecule has 158 valence electrons. The van der Waals surface area contributed by atoms with Crippen LogP contribution in [0.4, 0.5) is 5.69 Å². The molecule has 0 aliphatic carbocycles. The number of amides is 1. The lowest BCUT2D eigenvalue weighted by Gasteiger charge is -2.33. The van der Waals surface area contributed by atoms with E-state index in [2.05, 4.69) is 20.0 Å². The van der Waals surface area contributed by atoms with Gasteiger partial charge < -0.3 is 20.4 Å². The van der Waals surface area contributed by atoms with E-state index in [1.807, 2.05) is 0 Å². The number of ether oxygens (including phenoxy) is 1. The number of nitrogens with zero attached hydrogens (tertiary/aromatic N) is 2. The molecule has 4 rings (SSSR count). The standard InChI is InChI=1S/C20H23N5O4S/c1-30(28)23-15-5-2-6-16(18(15)19(21)24-30)29-12-13-4-3-9-25(11-13)20(27)14-7-8-22-17(26)10-14/h2,5-8,10,13H,1,3-4,9,11-12H2,(H,22,26)(H3,21,23,24,28). The fraction of sp³-hybridized carbons (Fsp3) is 0.300. The van der Waals surface area contributed by atoms with Gasteiger partial charge in [-0.25, -0.2) is 4.21 Å². The molecule has 2 atom stereocenters. The van der Waals surface area contributed by atoms with Crippen LogP contribution >= 0.6 is 0 Å². The summed E-state index contributed by atoms with van der Waals surface area (Å²) in [7, 11) is -2.86. The number of benzene rings is 1. The molecule has 9 nitrogen and oxygen atoms in total. The minimum Gasteiger partial charge on any atom is -0.492 e. The van der Waals surface area contributed by atoms with Crippen molar-refractivity contribution in [2.45, 2.75) is 12.8 Å². The fourth-order valence-electron chi connectivity index (χ4n) is 3.75. The van der Waals surface area contributed by atoms with Gasteiger partial charge in [-0.2, -0.15) is 4.40 Å². The van der Waals surface area contributed by atoms with E-state index < -0.39 is 9.89 Å². The molecule has 1 amide bonds. The Kier molecular flexibility index (Phi) is 5.25. The summed E-state index contributed by atoms with van der Waals surface area (Å²) in [4.78, 5) is 28.5. The maximum atomic E-state index is 12.7. The first-order chi connectivity index (χ1) is 14.3. The van der Waals surface area contributed by atoms with E-state index >= 15 is 0 Å². The van der Waals surface area contributed by atoms with Crippen molar-refractivity contribution < 1.29 is 13.7 Å². The third-order valence-electron chi connectivity index (χ3n) is 5.10. The Bertz CT molecular complexity index is 1170. The van der Waals surface area contributed by atoms with E-state index in [0.717, 1.165) is 12.8 Å². The topological polar surface area (TPSA) is 130 Å². The third-order valence-corrected chi connectivity index (χ3v) is 6.13. The van der Waals surface area contributed by atoms with Crippen LogP contribution in [0.2, 0.25) is 0 Å². The Morgan fingerprint density at radius 3 is 3.03 bits per heavy atom. The number of H-pyrrole nitrogens is 1. The van der Waals surface area contributed by atoms with Gasteiger partial charge in [-0.3, -0.25) is 14.3 Å². The predicted molar refractivity (Wildman–Crippen MR) is 117 cm³/mol. The Morgan fingerprint density at radius 1 is 1.40 bits per heavy atom. The van der Waals surface area contributed by atoms with E-state index in [1.165, 1.54) is 12.3 Å². The number of hydrogen-bond donors (Lipinski definition) is 3. The van der Waals surface area contributed by atoms with Crippen LogP contribution in [0.1, 0.15) is 28.8 Å². The van der Waals surface area contributed by atoms with Gasteiger partial charge in [-0.1, -0.05) is 6.07 Å². The number of fused-ring (bicyclic) bond motifs is 1. The highest BCUT2D eigenvalue weighted by Crippen LogP contribution is 2.31. The first-order valence-electron chi connectivity index (χ1n) is 9.57. The molecule has 4 N–H and O–H groups in total. The number of carbonyl (C=O) groups is 1. The SMILES string of the molecule is C=S1(=O)N=C(N)c2c(cccc2OCC2CCCN(C(=O)c3cc[nH]c(=O)c3)C2)N1. The highest BCUT2D eigenvalue weighted by atomic mass is 32.2. The van der Waals surface area contributed by atoms with Gasteiger partial charge >= 0.3 is 0 Å². The number of rotatable bonds is 4. The van der Waals surface area contributed by atoms with Crippen LogP contribution in [0.3, 0.4) is 0 Å². The molecule has 3 heterocycles. The van der Waals surface area contributed by atoms with Gasteiger partial charge in [0.2, 0.25) is 5.56 Å². The number of pyridine rings is 1. The minimum atomic E-state index is -2.86. The average molecular weight is 430 g/mol. The van der Waals surface area contributed by atoms with Crippen molar-refractivity contribution in [1.82, 2.24) is 9.88 Å². The quantitative estimate of drug-likeness (QED) is 0.624. The van der Waals surface area contributed by atoms with Gasteiger partial charge in [0.15, 0.2) is 9.89 Å². The predicted octanol–water partition coefficient (Wildman–Crippen LogP) is 0.983. The molecule has 1 aromatic carbocycles. The molecular formula is C20H23N5O4S. The van der Waals surface area contributed by atoms with Crippen molar-refractivity contribution in [3.63, 3.8) is 0 Å². The molecule has 1 fully saturated rings. The van der Waals surface area contributed by atoms with Gasteiger partial charge in [0.1, 0.15) is 11.6 Å². The number of aromatic nitrogens is 1. The summed E-state index contributed by atoms with van der Waals surface area (Å²) in [5, 5.41) is 0. The number of nitrogens with two attached hydrogens (primary N) is 1. The molecule has 1 aromatic heterocycles. The molecule has 1 saturated heterocycles. The number of anilines is 1. The Labute approximate surface area is 174 Å². The number of carbonyl (C=O) groups excluding carboxylic acids is 1. The van der Waals surface area contributed by atoms with Crippen LogP contribution in [0.25, 0.3) is 0 Å². The van der Waals surface area contributed by atoms with E-state index in [-0.39, 0.29) is 23.2 Å². The van der Waals surface area contributed by atoms with Gasteiger partial charge in [0.05, 0.1) is 17.9 Å². The fourth-order valence-corrected chi connectivity index (χ4v) is 4.72. The Hall–Kier alpha value is -3.27. The Balaban J connectivity index is 1.45. The van der Waals surface area contributed by atoms with Crippen LogP contribution in [0, 0.1) is 5.92 Å². The summed E-state index contributed by atoms with van der Waals surface area (Å²) in [5.74, 6) is 4.16. The van der Waals surface area contributed by atoms with Crippen molar-refractivity contribution in [2.24, 2.45) is 16.0 Å². The van der Waals surface area contributed by atoms with Crippen molar-refractivity contribution in [3.05, 3.63) is 58.0 Å². The van der Waals surface area contributed by atoms with Crippen LogP contribution in [-0.2, 0) is 9.89 Å². The van der Waals surface area contributed by atoms with Crippen LogP contribution in [0.5, 0.6) is 5.75 Å². The minimum absolute atomic E-state index is 0.120. The zero-order chi connectivity index (χ0) is 21.3. The lowest BCUT2D eigenvalue weighted by Crippen LogP contribution is -2.42. The first kappa shape index (κ1) is 20.0. The highest BCUT2D eigenvalue weighted by Gasteiger charge is 2.26. The first-order valence-corrected chi connectivity index (χ1v) is 11.3. The number of nitrogens with one attached hydrogen (secondary N) is 2. The van der Waals surface area contributed by atoms with E-state index in [9.17, 15) is 13.8 Å². The molecule has 30 heavy (non-hydrogen) atoms. The molecule has 0 radical (unpaired) electrons. The molecule has 2 aliphatic rings. The van der Waals surface area contributed by atoms with Gasteiger partial charge in [-0.15, -0.1) is 0 Å². The number of likely N-dealkylation sites (tertiary alicyclic amines) is 1. The lowest BCUT2D eigenvalue weighted by atomic mass is 9.98. The summed E-state index contributed by atoms with van der Waals surface area (Å²) in [6.07, 6.45) is 3.25. The molecule has 2 unspecified atom stereocenters. The number of amidine groups is 1. The molecule has 10 heteroatoms. The molecular weight excluding hydrogens is 406 g/mol. The average Bonchev–Trinajstić information content (AvgIpc) is 2.70. The number of hydrogen-bond acceptors (Lipinski definition) is 5. The number of aromatic amines is 1. The largest absolute Gasteiger partial charge is 0.492 e. The third kappa shape index (κ3) is 4.18. The molecule has 0 spiro atoms. The second kappa shape index (κ2) is 7.86. The summed E-state index contributed by atoms with van der Waals surface area (Å²) in [5.41, 5.74) is 7.21. The summed E-state index contributed by atoms with van der Waals surface area (Å²) < 4.78 is 24.9. The number of piperidine rings is 1. The van der Waals surface area contributed by atoms with Crippen molar-refractivity contribution >= 4 is 33.2 Å². The van der Waals surface area contributed by atoms with Gasteiger partial charge in [0, 0.05) is 36.8 Å². The van der Waals surface area contributed by atoms with E-state index in [4.69, 9.17) is 10.5 Å². The van der Waals surface area contributed by atoms with E-state index in [0.29, 0.717) is 42.3 Å². The lowest BCUT2D eigenvalue weighted by molar-refractivity contribution is 0.0633. The van der Waals surface area contributed by atoms with Gasteiger partial charge in [0.25, 0.3) is 5.91 Å². The smallest absolute Gasteiger partial charge is 0.254 e. The van der Waals surface area contributed by atoms with Gasteiger partial charge in [-0.05, 0) is 36.9 Å². The zero-order valence-electron chi connectivity index (χ0n) is 16.3. The van der Waals surface area contributed by atoms with Crippen LogP contribution in [0.15, 0.2) is 45.7 Å². The van der Waals surface area contributed by atoms with Crippen molar-refractivity contribution in [1.29, 1.82) is 0 Å². The molecule has 0 bridgehead atoms.